The SMILES string of the molecule is CC(N)c1ccc(-n2cc(C(N)=O)cn2)cc1. The number of primary amides is 1. The third kappa shape index (κ3) is 2.34. The van der Waals surface area contributed by atoms with Crippen molar-refractivity contribution >= 4 is 5.91 Å². The third-order valence-electron chi connectivity index (χ3n) is 2.55. The Labute approximate surface area is 99.0 Å². The van der Waals surface area contributed by atoms with Gasteiger partial charge in [0.05, 0.1) is 17.4 Å². The Morgan fingerprint density at radius 1 is 1.35 bits per heavy atom. The Morgan fingerprint density at radius 3 is 2.47 bits per heavy atom. The highest BCUT2D eigenvalue weighted by Gasteiger charge is 2.05. The van der Waals surface area contributed by atoms with E-state index in [2.05, 4.69) is 5.10 Å². The van der Waals surface area contributed by atoms with E-state index in [1.54, 1.807) is 10.9 Å². The number of nitrogens with two attached hydrogens (primary N) is 2. The Bertz CT molecular complexity index is 528. The molecular weight excluding hydrogens is 216 g/mol. The van der Waals surface area contributed by atoms with Crippen molar-refractivity contribution in [1.29, 1.82) is 0 Å². The number of amides is 1. The fraction of sp³-hybridized carbons (Fsp3) is 0.167. The highest BCUT2D eigenvalue weighted by Crippen LogP contribution is 2.13. The summed E-state index contributed by atoms with van der Waals surface area (Å²) in [5, 5.41) is 4.07. The first-order valence-electron chi connectivity index (χ1n) is 5.28. The number of hydrogen-bond acceptors (Lipinski definition) is 3. The minimum atomic E-state index is -0.483. The molecule has 1 heterocycles. The van der Waals surface area contributed by atoms with Crippen LogP contribution >= 0.6 is 0 Å². The zero-order valence-corrected chi connectivity index (χ0v) is 9.50. The van der Waals surface area contributed by atoms with Crippen molar-refractivity contribution in [2.75, 3.05) is 0 Å². The van der Waals surface area contributed by atoms with E-state index >= 15 is 0 Å². The average molecular weight is 230 g/mol. The molecule has 17 heavy (non-hydrogen) atoms. The molecule has 1 aromatic carbocycles. The molecule has 1 atom stereocenters. The van der Waals surface area contributed by atoms with Crippen molar-refractivity contribution in [1.82, 2.24) is 9.78 Å². The summed E-state index contributed by atoms with van der Waals surface area (Å²) in [6.07, 6.45) is 3.05. The molecule has 0 aliphatic rings. The average Bonchev–Trinajstić information content (AvgIpc) is 2.78. The van der Waals surface area contributed by atoms with Gasteiger partial charge in [0.15, 0.2) is 0 Å². The molecule has 5 heteroatoms. The maximum Gasteiger partial charge on any atom is 0.251 e. The molecule has 1 unspecified atom stereocenters. The van der Waals surface area contributed by atoms with Gasteiger partial charge >= 0.3 is 0 Å². The van der Waals surface area contributed by atoms with Crippen LogP contribution in [-0.2, 0) is 0 Å². The summed E-state index contributed by atoms with van der Waals surface area (Å²) in [6, 6.07) is 7.67. The van der Waals surface area contributed by atoms with Crippen molar-refractivity contribution in [2.45, 2.75) is 13.0 Å². The summed E-state index contributed by atoms with van der Waals surface area (Å²) >= 11 is 0. The Kier molecular flexibility index (Phi) is 2.93. The lowest BCUT2D eigenvalue weighted by molar-refractivity contribution is 0.100. The molecule has 0 aliphatic carbocycles. The molecule has 2 rings (SSSR count). The standard InChI is InChI=1S/C12H14N4O/c1-8(13)9-2-4-11(5-3-9)16-7-10(6-15-16)12(14)17/h2-8H,13H2,1H3,(H2,14,17). The highest BCUT2D eigenvalue weighted by atomic mass is 16.1. The van der Waals surface area contributed by atoms with Crippen LogP contribution in [0.1, 0.15) is 28.9 Å². The second-order valence-corrected chi connectivity index (χ2v) is 3.92. The summed E-state index contributed by atoms with van der Waals surface area (Å²) in [5.41, 5.74) is 13.2. The summed E-state index contributed by atoms with van der Waals surface area (Å²) in [7, 11) is 0. The monoisotopic (exact) mass is 230 g/mol. The smallest absolute Gasteiger partial charge is 0.251 e. The normalized spacial score (nSPS) is 12.4. The van der Waals surface area contributed by atoms with Crippen molar-refractivity contribution in [3.63, 3.8) is 0 Å². The van der Waals surface area contributed by atoms with Crippen molar-refractivity contribution in [2.24, 2.45) is 11.5 Å². The molecule has 0 fully saturated rings. The van der Waals surface area contributed by atoms with Gasteiger partial charge in [-0.3, -0.25) is 4.79 Å². The van der Waals surface area contributed by atoms with Crippen molar-refractivity contribution in [3.8, 4) is 5.69 Å². The summed E-state index contributed by atoms with van der Waals surface area (Å²) in [6.45, 7) is 1.92. The first-order valence-corrected chi connectivity index (χ1v) is 5.28. The third-order valence-corrected chi connectivity index (χ3v) is 2.55. The van der Waals surface area contributed by atoms with Crippen LogP contribution in [0.5, 0.6) is 0 Å². The van der Waals surface area contributed by atoms with Gasteiger partial charge in [0.2, 0.25) is 0 Å². The number of nitrogens with zero attached hydrogens (tertiary/aromatic N) is 2. The number of carbonyl (C=O) groups is 1. The van der Waals surface area contributed by atoms with Gasteiger partial charge in [-0.15, -0.1) is 0 Å². The highest BCUT2D eigenvalue weighted by molar-refractivity contribution is 5.92. The lowest BCUT2D eigenvalue weighted by Crippen LogP contribution is -2.09. The van der Waals surface area contributed by atoms with Gasteiger partial charge in [-0.2, -0.15) is 5.10 Å². The second kappa shape index (κ2) is 4.39. The van der Waals surface area contributed by atoms with Crippen LogP contribution in [0.4, 0.5) is 0 Å². The predicted octanol–water partition coefficient (Wildman–Crippen LogP) is 0.991. The molecule has 0 spiro atoms. The molecule has 2 aromatic rings. The van der Waals surface area contributed by atoms with Crippen LogP contribution in [0.15, 0.2) is 36.7 Å². The van der Waals surface area contributed by atoms with Crippen molar-refractivity contribution < 1.29 is 4.79 Å². The first-order chi connectivity index (χ1) is 8.08. The zero-order chi connectivity index (χ0) is 12.4. The van der Waals surface area contributed by atoms with Gasteiger partial charge in [-0.1, -0.05) is 12.1 Å². The summed E-state index contributed by atoms with van der Waals surface area (Å²) in [4.78, 5) is 10.9. The van der Waals surface area contributed by atoms with Crippen LogP contribution in [0.2, 0.25) is 0 Å². The van der Waals surface area contributed by atoms with E-state index in [0.29, 0.717) is 5.56 Å². The molecule has 1 aromatic heterocycles. The van der Waals surface area contributed by atoms with Gasteiger partial charge in [0.25, 0.3) is 5.91 Å². The molecule has 88 valence electrons. The van der Waals surface area contributed by atoms with Gasteiger partial charge in [0, 0.05) is 12.2 Å². The quantitative estimate of drug-likeness (QED) is 0.824. The minimum absolute atomic E-state index is 0.00264. The van der Waals surface area contributed by atoms with Gasteiger partial charge in [0.1, 0.15) is 0 Å². The number of hydrogen-bond donors (Lipinski definition) is 2. The van der Waals surface area contributed by atoms with Crippen LogP contribution in [0.3, 0.4) is 0 Å². The van der Waals surface area contributed by atoms with Crippen molar-refractivity contribution in [3.05, 3.63) is 47.8 Å². The molecule has 0 bridgehead atoms. The number of aromatic nitrogens is 2. The molecule has 0 aliphatic heterocycles. The Balaban J connectivity index is 2.30. The first kappa shape index (κ1) is 11.3. The predicted molar refractivity (Wildman–Crippen MR) is 64.7 cm³/mol. The number of carbonyl (C=O) groups excluding carboxylic acids is 1. The topological polar surface area (TPSA) is 86.9 Å². The second-order valence-electron chi connectivity index (χ2n) is 3.92. The van der Waals surface area contributed by atoms with E-state index in [-0.39, 0.29) is 6.04 Å². The van der Waals surface area contributed by atoms with E-state index in [1.807, 2.05) is 31.2 Å². The van der Waals surface area contributed by atoms with E-state index in [0.717, 1.165) is 11.3 Å². The van der Waals surface area contributed by atoms with Gasteiger partial charge in [-0.25, -0.2) is 4.68 Å². The number of benzene rings is 1. The molecule has 0 saturated heterocycles. The maximum absolute atomic E-state index is 10.9. The fourth-order valence-corrected chi connectivity index (χ4v) is 1.52. The summed E-state index contributed by atoms with van der Waals surface area (Å²) < 4.78 is 1.60. The molecule has 1 amide bonds. The van der Waals surface area contributed by atoms with Crippen LogP contribution in [-0.4, -0.2) is 15.7 Å². The van der Waals surface area contributed by atoms with Crippen LogP contribution < -0.4 is 11.5 Å². The van der Waals surface area contributed by atoms with Crippen LogP contribution in [0, 0.1) is 0 Å². The van der Waals surface area contributed by atoms with E-state index < -0.39 is 5.91 Å². The molecule has 0 saturated carbocycles. The number of rotatable bonds is 3. The Morgan fingerprint density at radius 2 is 2.00 bits per heavy atom. The van der Waals surface area contributed by atoms with E-state index in [9.17, 15) is 4.79 Å². The minimum Gasteiger partial charge on any atom is -0.366 e. The maximum atomic E-state index is 10.9. The van der Waals surface area contributed by atoms with Gasteiger partial charge < -0.3 is 11.5 Å². The zero-order valence-electron chi connectivity index (χ0n) is 9.50. The Hall–Kier alpha value is -2.14. The largest absolute Gasteiger partial charge is 0.366 e. The fourth-order valence-electron chi connectivity index (χ4n) is 1.52. The molecule has 5 nitrogen and oxygen atoms in total. The molecule has 4 N–H and O–H groups in total. The van der Waals surface area contributed by atoms with E-state index in [1.165, 1.54) is 6.20 Å². The van der Waals surface area contributed by atoms with Gasteiger partial charge in [-0.05, 0) is 24.6 Å². The molecular formula is C12H14N4O. The van der Waals surface area contributed by atoms with E-state index in [4.69, 9.17) is 11.5 Å². The lowest BCUT2D eigenvalue weighted by atomic mass is 10.1. The lowest BCUT2D eigenvalue weighted by Gasteiger charge is -2.06. The molecule has 0 radical (unpaired) electrons. The van der Waals surface area contributed by atoms with Crippen LogP contribution in [0.25, 0.3) is 5.69 Å². The summed E-state index contributed by atoms with van der Waals surface area (Å²) in [5.74, 6) is -0.483.